The lowest BCUT2D eigenvalue weighted by atomic mass is 9.85. The summed E-state index contributed by atoms with van der Waals surface area (Å²) in [7, 11) is 0. The zero-order chi connectivity index (χ0) is 25.6. The minimum Gasteiger partial charge on any atom is -0.506 e. The fourth-order valence-electron chi connectivity index (χ4n) is 4.06. The average Bonchev–Trinajstić information content (AvgIpc) is 3.18. The summed E-state index contributed by atoms with van der Waals surface area (Å²) in [5.74, 6) is 0.944. The SMILES string of the molecule is Cc1ccc(O)c(-n2nc3ccc(SCCCCCCOC(=O)C(C)(S)CC(C)(C)C)cc3n2)c1. The highest BCUT2D eigenvalue weighted by molar-refractivity contribution is 7.99. The number of thioether (sulfide) groups is 1. The topological polar surface area (TPSA) is 77.2 Å². The van der Waals surface area contributed by atoms with Crippen LogP contribution < -0.4 is 0 Å². The molecule has 8 heteroatoms. The Labute approximate surface area is 218 Å². The standard InChI is InChI=1S/C27H37N3O3S2/c1-19-10-13-24(31)23(16-19)30-28-21-12-11-20(17-22(21)29-30)35-15-9-7-6-8-14-33-25(32)27(5,34)18-26(2,3)4/h10-13,16-17,31,34H,6-9,14-15,18H2,1-5H3. The zero-order valence-corrected chi connectivity index (χ0v) is 23.1. The first kappa shape index (κ1) is 27.4. The van der Waals surface area contributed by atoms with Crippen LogP contribution >= 0.6 is 24.4 Å². The van der Waals surface area contributed by atoms with E-state index in [9.17, 15) is 9.90 Å². The smallest absolute Gasteiger partial charge is 0.321 e. The van der Waals surface area contributed by atoms with Gasteiger partial charge in [0.25, 0.3) is 0 Å². The maximum atomic E-state index is 12.3. The van der Waals surface area contributed by atoms with E-state index in [1.54, 1.807) is 17.8 Å². The molecular formula is C27H37N3O3S2. The molecule has 0 amide bonds. The van der Waals surface area contributed by atoms with Gasteiger partial charge >= 0.3 is 5.97 Å². The first-order valence-electron chi connectivity index (χ1n) is 12.1. The molecule has 3 aromatic rings. The third-order valence-electron chi connectivity index (χ3n) is 5.55. The van der Waals surface area contributed by atoms with Crippen molar-refractivity contribution in [2.24, 2.45) is 5.41 Å². The molecule has 1 aromatic heterocycles. The second kappa shape index (κ2) is 11.7. The Morgan fingerprint density at radius 2 is 1.74 bits per heavy atom. The summed E-state index contributed by atoms with van der Waals surface area (Å²) in [6.45, 7) is 10.6. The first-order valence-corrected chi connectivity index (χ1v) is 13.6. The van der Waals surface area contributed by atoms with Crippen molar-refractivity contribution in [1.29, 1.82) is 0 Å². The van der Waals surface area contributed by atoms with E-state index in [1.165, 1.54) is 4.80 Å². The Morgan fingerprint density at radius 1 is 1.03 bits per heavy atom. The Morgan fingerprint density at radius 3 is 2.49 bits per heavy atom. The number of phenolic OH excluding ortho intramolecular Hbond substituents is 1. The van der Waals surface area contributed by atoms with Gasteiger partial charge in [-0.15, -0.1) is 26.8 Å². The maximum Gasteiger partial charge on any atom is 0.321 e. The molecule has 0 aliphatic rings. The van der Waals surface area contributed by atoms with Crippen molar-refractivity contribution < 1.29 is 14.6 Å². The minimum absolute atomic E-state index is 0.0260. The van der Waals surface area contributed by atoms with Crippen LogP contribution in [0.4, 0.5) is 0 Å². The molecule has 1 atom stereocenters. The summed E-state index contributed by atoms with van der Waals surface area (Å²) >= 11 is 6.33. The highest BCUT2D eigenvalue weighted by Crippen LogP contribution is 2.32. The third kappa shape index (κ3) is 8.17. The largest absolute Gasteiger partial charge is 0.506 e. The van der Waals surface area contributed by atoms with Crippen LogP contribution in [0.1, 0.15) is 65.4 Å². The highest BCUT2D eigenvalue weighted by Gasteiger charge is 2.35. The third-order valence-corrected chi connectivity index (χ3v) is 6.97. The van der Waals surface area contributed by atoms with Crippen molar-refractivity contribution in [3.8, 4) is 11.4 Å². The lowest BCUT2D eigenvalue weighted by molar-refractivity contribution is -0.147. The number of aromatic nitrogens is 3. The number of fused-ring (bicyclic) bond motifs is 1. The van der Waals surface area contributed by atoms with Crippen LogP contribution in [0, 0.1) is 12.3 Å². The van der Waals surface area contributed by atoms with Gasteiger partial charge in [0.05, 0.1) is 6.61 Å². The molecule has 190 valence electrons. The number of benzene rings is 2. The molecule has 1 heterocycles. The average molecular weight is 516 g/mol. The van der Waals surface area contributed by atoms with Gasteiger partial charge in [0.1, 0.15) is 27.2 Å². The summed E-state index contributed by atoms with van der Waals surface area (Å²) < 4.78 is 4.72. The molecule has 0 spiro atoms. The first-order chi connectivity index (χ1) is 16.4. The molecule has 0 fully saturated rings. The minimum atomic E-state index is -0.748. The maximum absolute atomic E-state index is 12.3. The van der Waals surface area contributed by atoms with E-state index in [0.717, 1.165) is 52.9 Å². The van der Waals surface area contributed by atoms with Gasteiger partial charge in [0, 0.05) is 4.90 Å². The highest BCUT2D eigenvalue weighted by atomic mass is 32.2. The van der Waals surface area contributed by atoms with Gasteiger partial charge in [-0.3, -0.25) is 4.79 Å². The number of hydrogen-bond acceptors (Lipinski definition) is 7. The number of hydrogen-bond donors (Lipinski definition) is 2. The molecule has 0 radical (unpaired) electrons. The van der Waals surface area contributed by atoms with E-state index in [1.807, 2.05) is 38.1 Å². The molecule has 0 saturated heterocycles. The number of carbonyl (C=O) groups excluding carboxylic acids is 1. The molecule has 0 aliphatic carbocycles. The van der Waals surface area contributed by atoms with Crippen LogP contribution in [-0.4, -0.2) is 43.2 Å². The van der Waals surface area contributed by atoms with Crippen LogP contribution in [0.2, 0.25) is 0 Å². The lowest BCUT2D eigenvalue weighted by Gasteiger charge is -2.29. The summed E-state index contributed by atoms with van der Waals surface area (Å²) in [5, 5.41) is 19.2. The van der Waals surface area contributed by atoms with E-state index in [2.05, 4.69) is 49.7 Å². The van der Waals surface area contributed by atoms with Crippen molar-refractivity contribution >= 4 is 41.4 Å². The monoisotopic (exact) mass is 515 g/mol. The van der Waals surface area contributed by atoms with E-state index in [-0.39, 0.29) is 17.1 Å². The van der Waals surface area contributed by atoms with E-state index in [0.29, 0.717) is 18.7 Å². The van der Waals surface area contributed by atoms with Crippen molar-refractivity contribution in [3.63, 3.8) is 0 Å². The van der Waals surface area contributed by atoms with Crippen molar-refractivity contribution in [2.75, 3.05) is 12.4 Å². The number of thiol groups is 1. The summed E-state index contributed by atoms with van der Waals surface area (Å²) in [6, 6.07) is 11.5. The van der Waals surface area contributed by atoms with Crippen LogP contribution in [-0.2, 0) is 9.53 Å². The molecule has 0 aliphatic heterocycles. The number of aryl methyl sites for hydroxylation is 1. The van der Waals surface area contributed by atoms with Crippen LogP contribution in [0.25, 0.3) is 16.7 Å². The zero-order valence-electron chi connectivity index (χ0n) is 21.4. The van der Waals surface area contributed by atoms with Crippen molar-refractivity contribution in [1.82, 2.24) is 15.0 Å². The number of ether oxygens (including phenoxy) is 1. The molecule has 6 nitrogen and oxygen atoms in total. The van der Waals surface area contributed by atoms with Crippen LogP contribution in [0.15, 0.2) is 41.3 Å². The van der Waals surface area contributed by atoms with Crippen LogP contribution in [0.5, 0.6) is 5.75 Å². The van der Waals surface area contributed by atoms with Gasteiger partial charge in [-0.25, -0.2) is 0 Å². The Balaban J connectivity index is 1.38. The Kier molecular flexibility index (Phi) is 9.16. The Hall–Kier alpha value is -2.19. The number of esters is 1. The second-order valence-electron chi connectivity index (χ2n) is 10.5. The fourth-order valence-corrected chi connectivity index (χ4v) is 5.54. The summed E-state index contributed by atoms with van der Waals surface area (Å²) in [5.41, 5.74) is 3.24. The molecule has 1 N–H and O–H groups in total. The molecule has 3 rings (SSSR count). The predicted molar refractivity (Wildman–Crippen MR) is 147 cm³/mol. The number of rotatable bonds is 11. The van der Waals surface area contributed by atoms with E-state index < -0.39 is 4.75 Å². The molecule has 0 saturated carbocycles. The van der Waals surface area contributed by atoms with Gasteiger partial charge < -0.3 is 9.84 Å². The van der Waals surface area contributed by atoms with Gasteiger partial charge in [-0.1, -0.05) is 39.7 Å². The molecular weight excluding hydrogens is 478 g/mol. The quantitative estimate of drug-likeness (QED) is 0.127. The number of carbonyl (C=O) groups is 1. The lowest BCUT2D eigenvalue weighted by Crippen LogP contribution is -2.35. The molecule has 1 unspecified atom stereocenters. The predicted octanol–water partition coefficient (Wildman–Crippen LogP) is 6.75. The summed E-state index contributed by atoms with van der Waals surface area (Å²) in [6.07, 6.45) is 4.76. The number of unbranched alkanes of at least 4 members (excludes halogenated alkanes) is 3. The Bertz CT molecular complexity index is 1150. The van der Waals surface area contributed by atoms with E-state index >= 15 is 0 Å². The van der Waals surface area contributed by atoms with Crippen LogP contribution in [0.3, 0.4) is 0 Å². The number of nitrogens with zero attached hydrogens (tertiary/aromatic N) is 3. The molecule has 2 aromatic carbocycles. The van der Waals surface area contributed by atoms with Gasteiger partial charge in [0.2, 0.25) is 0 Å². The molecule has 0 bridgehead atoms. The number of phenols is 1. The van der Waals surface area contributed by atoms with Gasteiger partial charge in [0.15, 0.2) is 0 Å². The van der Waals surface area contributed by atoms with Crippen molar-refractivity contribution in [3.05, 3.63) is 42.0 Å². The second-order valence-corrected chi connectivity index (χ2v) is 12.7. The van der Waals surface area contributed by atoms with E-state index in [4.69, 9.17) is 4.74 Å². The normalized spacial score (nSPS) is 13.7. The summed E-state index contributed by atoms with van der Waals surface area (Å²) in [4.78, 5) is 15.0. The van der Waals surface area contributed by atoms with Crippen molar-refractivity contribution in [2.45, 2.75) is 76.4 Å². The number of aromatic hydroxyl groups is 1. The van der Waals surface area contributed by atoms with Gasteiger partial charge in [-0.2, -0.15) is 12.6 Å². The molecule has 35 heavy (non-hydrogen) atoms. The fraction of sp³-hybridized carbons (Fsp3) is 0.519. The van der Waals surface area contributed by atoms with Gasteiger partial charge in [-0.05, 0) is 80.2 Å².